The summed E-state index contributed by atoms with van der Waals surface area (Å²) in [7, 11) is 0. The van der Waals surface area contributed by atoms with Gasteiger partial charge >= 0.3 is 6.09 Å². The van der Waals surface area contributed by atoms with E-state index in [9.17, 15) is 14.7 Å². The van der Waals surface area contributed by atoms with Crippen LogP contribution < -0.4 is 9.64 Å². The van der Waals surface area contributed by atoms with E-state index in [-0.39, 0.29) is 25.0 Å². The maximum atomic E-state index is 13.8. The van der Waals surface area contributed by atoms with Crippen molar-refractivity contribution in [3.8, 4) is 5.75 Å². The van der Waals surface area contributed by atoms with Crippen molar-refractivity contribution >= 4 is 39.4 Å². The van der Waals surface area contributed by atoms with Crippen LogP contribution in [-0.4, -0.2) is 32.7 Å². The minimum Gasteiger partial charge on any atom is -0.410 e. The number of benzene rings is 2. The van der Waals surface area contributed by atoms with Crippen molar-refractivity contribution in [1.82, 2.24) is 9.55 Å². The number of hydrogen-bond donors (Lipinski definition) is 1. The van der Waals surface area contributed by atoms with E-state index in [0.717, 1.165) is 36.6 Å². The molecule has 2 heterocycles. The van der Waals surface area contributed by atoms with Crippen LogP contribution in [0.1, 0.15) is 48.9 Å². The number of para-hydroxylation sites is 1. The standard InChI is InChI=1S/C28H29N3O4S/c1-19-23(17-26(33)31(27-29-14-15-36-27)21-8-4-2-5-9-21)24-16-20(18-32)12-13-25(24)30(19)28(34)35-22-10-6-3-7-11-22/h3,6-7,10-16,21,32H,2,4-5,8-9,17-18H2,1H3. The third kappa shape index (κ3) is 4.79. The Morgan fingerprint density at radius 3 is 2.61 bits per heavy atom. The molecule has 186 valence electrons. The zero-order valence-corrected chi connectivity index (χ0v) is 21.0. The van der Waals surface area contributed by atoms with Gasteiger partial charge in [0.1, 0.15) is 5.75 Å². The fourth-order valence-corrected chi connectivity index (χ4v) is 5.83. The molecule has 1 aliphatic rings. The maximum absolute atomic E-state index is 13.8. The maximum Gasteiger partial charge on any atom is 0.424 e. The van der Waals surface area contributed by atoms with Gasteiger partial charge in [0.15, 0.2) is 5.13 Å². The molecule has 1 saturated carbocycles. The molecule has 8 heteroatoms. The lowest BCUT2D eigenvalue weighted by molar-refractivity contribution is -0.118. The Labute approximate surface area is 214 Å². The van der Waals surface area contributed by atoms with E-state index in [1.54, 1.807) is 42.6 Å². The molecule has 0 aliphatic heterocycles. The molecular formula is C28H29N3O4S. The predicted octanol–water partition coefficient (Wildman–Crippen LogP) is 5.85. The summed E-state index contributed by atoms with van der Waals surface area (Å²) >= 11 is 1.47. The zero-order chi connectivity index (χ0) is 25.1. The highest BCUT2D eigenvalue weighted by Gasteiger charge is 2.30. The second-order valence-electron chi connectivity index (χ2n) is 9.14. The van der Waals surface area contributed by atoms with Crippen LogP contribution in [0.3, 0.4) is 0 Å². The highest BCUT2D eigenvalue weighted by Crippen LogP contribution is 2.32. The number of amides is 1. The lowest BCUT2D eigenvalue weighted by Crippen LogP contribution is -2.42. The average molecular weight is 504 g/mol. The number of aliphatic hydroxyl groups is 1. The van der Waals surface area contributed by atoms with Gasteiger partial charge in [-0.25, -0.2) is 14.3 Å². The molecule has 1 aliphatic carbocycles. The van der Waals surface area contributed by atoms with Crippen molar-refractivity contribution in [2.75, 3.05) is 4.90 Å². The van der Waals surface area contributed by atoms with Crippen molar-refractivity contribution in [1.29, 1.82) is 0 Å². The van der Waals surface area contributed by atoms with Crippen LogP contribution in [0.4, 0.5) is 9.93 Å². The first-order valence-electron chi connectivity index (χ1n) is 12.3. The van der Waals surface area contributed by atoms with Gasteiger partial charge in [0.05, 0.1) is 18.5 Å². The van der Waals surface area contributed by atoms with Gasteiger partial charge in [0, 0.05) is 28.7 Å². The van der Waals surface area contributed by atoms with Gasteiger partial charge in [-0.15, -0.1) is 11.3 Å². The summed E-state index contributed by atoms with van der Waals surface area (Å²) in [4.78, 5) is 33.4. The van der Waals surface area contributed by atoms with Crippen LogP contribution in [0.25, 0.3) is 10.9 Å². The number of anilines is 1. The lowest BCUT2D eigenvalue weighted by Gasteiger charge is -2.32. The molecule has 1 amide bonds. The summed E-state index contributed by atoms with van der Waals surface area (Å²) in [5.74, 6) is 0.408. The van der Waals surface area contributed by atoms with E-state index in [1.807, 2.05) is 29.3 Å². The molecule has 0 spiro atoms. The van der Waals surface area contributed by atoms with Crippen molar-refractivity contribution in [2.24, 2.45) is 0 Å². The number of ether oxygens (including phenoxy) is 1. The first kappa shape index (κ1) is 24.2. The molecule has 4 aromatic rings. The lowest BCUT2D eigenvalue weighted by atomic mass is 9.94. The van der Waals surface area contributed by atoms with Crippen molar-refractivity contribution < 1.29 is 19.4 Å². The SMILES string of the molecule is Cc1c(CC(=O)N(c2nccs2)C2CCCCC2)c2cc(CO)ccc2n1C(=O)Oc1ccccc1. The molecule has 7 nitrogen and oxygen atoms in total. The molecular weight excluding hydrogens is 474 g/mol. The smallest absolute Gasteiger partial charge is 0.410 e. The van der Waals surface area contributed by atoms with Gasteiger partial charge in [-0.05, 0) is 55.2 Å². The Bertz CT molecular complexity index is 1360. The summed E-state index contributed by atoms with van der Waals surface area (Å²) in [6.45, 7) is 1.71. The summed E-state index contributed by atoms with van der Waals surface area (Å²) in [5, 5.41) is 13.1. The Kier molecular flexibility index (Phi) is 7.16. The summed E-state index contributed by atoms with van der Waals surface area (Å²) in [6, 6.07) is 14.5. The number of thiazole rings is 1. The van der Waals surface area contributed by atoms with Gasteiger partial charge in [-0.1, -0.05) is 43.5 Å². The molecule has 5 rings (SSSR count). The van der Waals surface area contributed by atoms with E-state index in [4.69, 9.17) is 4.74 Å². The van der Waals surface area contributed by atoms with Crippen molar-refractivity contribution in [3.05, 3.63) is 76.9 Å². The number of carbonyl (C=O) groups excluding carboxylic acids is 2. The second-order valence-corrected chi connectivity index (χ2v) is 10.0. The molecule has 0 bridgehead atoms. The number of carbonyl (C=O) groups is 2. The first-order valence-corrected chi connectivity index (χ1v) is 13.2. The molecule has 2 aromatic heterocycles. The van der Waals surface area contributed by atoms with Crippen molar-refractivity contribution in [2.45, 2.75) is 58.1 Å². The van der Waals surface area contributed by atoms with E-state index >= 15 is 0 Å². The number of rotatable bonds is 6. The van der Waals surface area contributed by atoms with Crippen LogP contribution in [0, 0.1) is 6.92 Å². The number of fused-ring (bicyclic) bond motifs is 1. The van der Waals surface area contributed by atoms with Crippen LogP contribution in [-0.2, 0) is 17.8 Å². The Balaban J connectivity index is 1.53. The zero-order valence-electron chi connectivity index (χ0n) is 20.2. The molecule has 0 radical (unpaired) electrons. The van der Waals surface area contributed by atoms with Crippen LogP contribution in [0.15, 0.2) is 60.1 Å². The van der Waals surface area contributed by atoms with Gasteiger partial charge in [0.25, 0.3) is 0 Å². The predicted molar refractivity (Wildman–Crippen MR) is 141 cm³/mol. The molecule has 0 unspecified atom stereocenters. The van der Waals surface area contributed by atoms with E-state index in [0.29, 0.717) is 27.7 Å². The highest BCUT2D eigenvalue weighted by molar-refractivity contribution is 7.13. The molecule has 2 aromatic carbocycles. The van der Waals surface area contributed by atoms with Crippen LogP contribution >= 0.6 is 11.3 Å². The number of hydrogen-bond acceptors (Lipinski definition) is 6. The van der Waals surface area contributed by atoms with E-state index in [2.05, 4.69) is 4.98 Å². The molecule has 0 atom stereocenters. The fourth-order valence-electron chi connectivity index (χ4n) is 5.10. The Hall–Kier alpha value is -3.49. The minimum atomic E-state index is -0.539. The van der Waals surface area contributed by atoms with Gasteiger partial charge in [0.2, 0.25) is 5.91 Å². The molecule has 1 fully saturated rings. The Morgan fingerprint density at radius 2 is 1.92 bits per heavy atom. The van der Waals surface area contributed by atoms with Gasteiger partial charge < -0.3 is 9.84 Å². The fraction of sp³-hybridized carbons (Fsp3) is 0.321. The topological polar surface area (TPSA) is 84.7 Å². The summed E-state index contributed by atoms with van der Waals surface area (Å²) in [5.41, 5.74) is 2.77. The quantitative estimate of drug-likeness (QED) is 0.357. The Morgan fingerprint density at radius 1 is 1.14 bits per heavy atom. The van der Waals surface area contributed by atoms with E-state index < -0.39 is 6.09 Å². The van der Waals surface area contributed by atoms with Crippen molar-refractivity contribution in [3.63, 3.8) is 0 Å². The van der Waals surface area contributed by atoms with Gasteiger partial charge in [-0.2, -0.15) is 0 Å². The number of aliphatic hydroxyl groups excluding tert-OH is 1. The second kappa shape index (κ2) is 10.6. The van der Waals surface area contributed by atoms with E-state index in [1.165, 1.54) is 22.3 Å². The monoisotopic (exact) mass is 503 g/mol. The third-order valence-electron chi connectivity index (χ3n) is 6.87. The molecule has 0 saturated heterocycles. The molecule has 1 N–H and O–H groups in total. The number of nitrogens with zero attached hydrogens (tertiary/aromatic N) is 3. The summed E-state index contributed by atoms with van der Waals surface area (Å²) in [6.07, 6.45) is 6.63. The largest absolute Gasteiger partial charge is 0.424 e. The normalized spacial score (nSPS) is 14.2. The molecule has 36 heavy (non-hydrogen) atoms. The minimum absolute atomic E-state index is 0.0372. The highest BCUT2D eigenvalue weighted by atomic mass is 32.1. The van der Waals surface area contributed by atoms with Crippen LogP contribution in [0.2, 0.25) is 0 Å². The van der Waals surface area contributed by atoms with Crippen LogP contribution in [0.5, 0.6) is 5.75 Å². The van der Waals surface area contributed by atoms with Gasteiger partial charge in [-0.3, -0.25) is 9.69 Å². The average Bonchev–Trinajstić information content (AvgIpc) is 3.52. The number of aromatic nitrogens is 2. The summed E-state index contributed by atoms with van der Waals surface area (Å²) < 4.78 is 7.15. The third-order valence-corrected chi connectivity index (χ3v) is 7.65. The first-order chi connectivity index (χ1) is 17.6.